The van der Waals surface area contributed by atoms with Crippen LogP contribution in [0.4, 0.5) is 34.1 Å². The lowest BCUT2D eigenvalue weighted by Gasteiger charge is -2.18. The topological polar surface area (TPSA) is 256 Å². The third-order valence-electron chi connectivity index (χ3n) is 22.4. The molecule has 0 amide bonds. The molecule has 0 bridgehead atoms. The molecule has 4 aromatic heterocycles. The minimum Gasteiger partial charge on any atom is -0.309 e. The predicted octanol–water partition coefficient (Wildman–Crippen LogP) is 26.8. The lowest BCUT2D eigenvalue weighted by molar-refractivity contribution is 1.07. The molecule has 0 unspecified atom stereocenters. The Morgan fingerprint density at radius 3 is 0.938 bits per heavy atom. The molecule has 20 nitrogen and oxygen atoms in total. The summed E-state index contributed by atoms with van der Waals surface area (Å²) in [6, 6.07) is 106. The van der Waals surface area contributed by atoms with E-state index in [9.17, 15) is 31.6 Å². The molecule has 0 aliphatic heterocycles. The molecule has 15 aromatic carbocycles. The lowest BCUT2D eigenvalue weighted by atomic mass is 9.94. The molecular formula is C108H50N20. The van der Waals surface area contributed by atoms with E-state index in [1.54, 1.807) is 0 Å². The first-order chi connectivity index (χ1) is 62.8. The number of aromatic nitrogens is 8. The van der Waals surface area contributed by atoms with Gasteiger partial charge in [0.25, 0.3) is 0 Å². The quantitative estimate of drug-likeness (QED) is 0.0921. The van der Waals surface area contributed by atoms with Crippen LogP contribution in [0, 0.1) is 107 Å². The Hall–Kier alpha value is -20.2. The number of rotatable bonds is 14. The van der Waals surface area contributed by atoms with Crippen molar-refractivity contribution in [1.29, 1.82) is 31.6 Å². The van der Waals surface area contributed by atoms with Gasteiger partial charge in [-0.1, -0.05) is 170 Å². The number of nitrogens with zero attached hydrogens (tertiary/aromatic N) is 20. The van der Waals surface area contributed by atoms with Crippen molar-refractivity contribution in [3.05, 3.63) is 405 Å². The first kappa shape index (κ1) is 77.7. The van der Waals surface area contributed by atoms with Crippen LogP contribution in [0.2, 0.25) is 0 Å². The largest absolute Gasteiger partial charge is 0.309 e. The zero-order valence-electron chi connectivity index (χ0n) is 66.8. The smallest absolute Gasteiger partial charge is 0.197 e. The number of benzene rings is 15. The average molecular weight is 1630 g/mol. The Labute approximate surface area is 731 Å². The minimum atomic E-state index is 0.0894. The highest BCUT2D eigenvalue weighted by atomic mass is 15.1. The number of hydrogen-bond acceptors (Lipinski definition) is 12. The van der Waals surface area contributed by atoms with Gasteiger partial charge in [-0.3, -0.25) is 0 Å². The average Bonchev–Trinajstić information content (AvgIpc) is 1.57. The maximum Gasteiger partial charge on any atom is 0.197 e. The fourth-order valence-electron chi connectivity index (χ4n) is 16.7. The van der Waals surface area contributed by atoms with Crippen LogP contribution in [-0.4, -0.2) is 39.0 Å². The van der Waals surface area contributed by atoms with Gasteiger partial charge in [0.1, 0.15) is 0 Å². The van der Waals surface area contributed by atoms with E-state index in [0.29, 0.717) is 168 Å². The molecule has 582 valence electrons. The highest BCUT2D eigenvalue weighted by Gasteiger charge is 2.28. The highest BCUT2D eigenvalue weighted by molar-refractivity contribution is 6.15. The number of hydrogen-bond donors (Lipinski definition) is 0. The van der Waals surface area contributed by atoms with Crippen molar-refractivity contribution in [2.45, 2.75) is 0 Å². The summed E-state index contributed by atoms with van der Waals surface area (Å²) in [5.74, 6) is 2.33. The number of nitriles is 6. The van der Waals surface area contributed by atoms with Crippen LogP contribution in [0.15, 0.2) is 303 Å². The van der Waals surface area contributed by atoms with E-state index >= 15 is 0 Å². The first-order valence-electron chi connectivity index (χ1n) is 39.6. The lowest BCUT2D eigenvalue weighted by Crippen LogP contribution is -2.02. The van der Waals surface area contributed by atoms with E-state index in [1.165, 1.54) is 48.5 Å². The van der Waals surface area contributed by atoms with Gasteiger partial charge in [-0.15, -0.1) is 0 Å². The van der Waals surface area contributed by atoms with Gasteiger partial charge in [0.05, 0.1) is 115 Å². The van der Waals surface area contributed by atoms with Crippen molar-refractivity contribution in [3.8, 4) is 183 Å². The van der Waals surface area contributed by atoms with E-state index in [0.717, 1.165) is 22.3 Å². The Kier molecular flexibility index (Phi) is 19.7. The summed E-state index contributed by atoms with van der Waals surface area (Å²) in [5.41, 5.74) is 15.4. The Balaban J connectivity index is 0.898. The van der Waals surface area contributed by atoms with Crippen LogP contribution in [0.25, 0.3) is 219 Å². The number of fused-ring (bicyclic) bond motifs is 6. The van der Waals surface area contributed by atoms with E-state index < -0.39 is 0 Å². The van der Waals surface area contributed by atoms with E-state index in [2.05, 4.69) is 86.8 Å². The van der Waals surface area contributed by atoms with Crippen LogP contribution < -0.4 is 0 Å². The molecule has 19 aromatic rings. The molecule has 0 aliphatic rings. The molecule has 0 saturated carbocycles. The van der Waals surface area contributed by atoms with Crippen LogP contribution in [0.1, 0.15) is 33.4 Å². The molecule has 0 saturated heterocycles. The molecule has 128 heavy (non-hydrogen) atoms. The molecule has 0 N–H and O–H groups in total. The molecule has 0 spiro atoms. The van der Waals surface area contributed by atoms with Crippen molar-refractivity contribution >= 4 is 77.7 Å². The molecular weight excluding hydrogens is 1580 g/mol. The zero-order valence-corrected chi connectivity index (χ0v) is 66.8. The SMILES string of the molecule is [C-]#[N+]c1cc(C#N)c(-c2ccc3c(c2)c2cc(-c4c(C#N)cc(C#N)cc4[N+]#[C-])ccc2n3-c2ccc(-c3nc(-c4ccccc4)nc(-c4ccccc4)n3)cc2-c2cccc(-c3cc(-c4nc(-c5ccccc5)nc(-c5ccccc5)n4)cc(-n4c5ccc(-c6c(C#N)cc(C#N)cc6[N+]#[C-])cc5c5cc(-c6c([N+]#[C-])cc(C#N)cc6[N+]#[C-])ccc54)c3)c2)c([N+]#[C-])c1. The monoisotopic (exact) mass is 1630 g/mol. The van der Waals surface area contributed by atoms with Crippen LogP contribution in [0.3, 0.4) is 0 Å². The van der Waals surface area contributed by atoms with Crippen molar-refractivity contribution < 1.29 is 0 Å². The second-order valence-corrected chi connectivity index (χ2v) is 29.7. The summed E-state index contributed by atoms with van der Waals surface area (Å²) < 4.78 is 4.21. The van der Waals surface area contributed by atoms with Gasteiger partial charge in [-0.2, -0.15) is 31.6 Å². The van der Waals surface area contributed by atoms with Gasteiger partial charge in [-0.05, 0) is 178 Å². The van der Waals surface area contributed by atoms with E-state index in [-0.39, 0.29) is 67.5 Å². The van der Waals surface area contributed by atoms with Crippen molar-refractivity contribution in [1.82, 2.24) is 39.0 Å². The van der Waals surface area contributed by atoms with Gasteiger partial charge in [0.15, 0.2) is 69.1 Å². The Morgan fingerprint density at radius 1 is 0.227 bits per heavy atom. The summed E-state index contributed by atoms with van der Waals surface area (Å²) in [6.07, 6.45) is 0. The molecule has 0 aliphatic carbocycles. The van der Waals surface area contributed by atoms with Gasteiger partial charge >= 0.3 is 0 Å². The maximum atomic E-state index is 10.8. The molecule has 0 fully saturated rings. The minimum absolute atomic E-state index is 0.0894. The zero-order chi connectivity index (χ0) is 87.8. The first-order valence-corrected chi connectivity index (χ1v) is 39.6. The van der Waals surface area contributed by atoms with Crippen molar-refractivity contribution in [3.63, 3.8) is 0 Å². The molecule has 0 radical (unpaired) electrons. The molecule has 4 heterocycles. The second kappa shape index (κ2) is 32.5. The van der Waals surface area contributed by atoms with E-state index in [4.69, 9.17) is 69.3 Å². The normalized spacial score (nSPS) is 10.7. The summed E-state index contributed by atoms with van der Waals surface area (Å²) >= 11 is 0. The summed E-state index contributed by atoms with van der Waals surface area (Å²) in [5, 5.41) is 65.3. The van der Waals surface area contributed by atoms with Crippen LogP contribution in [0.5, 0.6) is 0 Å². The molecule has 20 heteroatoms. The maximum absolute atomic E-state index is 10.8. The summed E-state index contributed by atoms with van der Waals surface area (Å²) in [7, 11) is 0. The van der Waals surface area contributed by atoms with E-state index in [1.807, 2.05) is 243 Å². The van der Waals surface area contributed by atoms with Gasteiger partial charge in [0.2, 0.25) is 0 Å². The fourth-order valence-corrected chi connectivity index (χ4v) is 16.7. The second-order valence-electron chi connectivity index (χ2n) is 29.7. The van der Waals surface area contributed by atoms with Gasteiger partial charge < -0.3 is 9.13 Å². The summed E-state index contributed by atoms with van der Waals surface area (Å²) in [4.78, 5) is 54.3. The molecule has 0 atom stereocenters. The molecule has 19 rings (SSSR count). The van der Waals surface area contributed by atoms with Gasteiger partial charge in [0, 0.05) is 105 Å². The standard InChI is InChI=1S/C108H50N20/c1-115-82-48-81(62-114)101(93(56-82)120-6)74-32-38-98-88(53-74)87-52-73(100-80(61-113)41-64(58-110)43-90(100)117-3)31-37-97(87)128(98)94-39-34-76(107-123-103(66-20-11-7-12-21-66)121-104(124-107)67-22-13-8-14-23-67)55-84(94)71-29-19-28-70(46-71)77-47-78(108-125-105(68-24-15-9-16-25-68)122-106(126-108)69-26-17-10-18-27-69)50-83(49-77)127-95-35-30-72(99-79(60-112)40-63(57-109)42-89(99)116-2)51-85(95)86-54-75(33-36-96(86)127)102-91(118-4)44-65(59-111)45-92(102)119-5/h7-56H. The Morgan fingerprint density at radius 2 is 0.547 bits per heavy atom. The third-order valence-corrected chi connectivity index (χ3v) is 22.4. The summed E-state index contributed by atoms with van der Waals surface area (Å²) in [6.45, 7) is 49.9. The fraction of sp³-hybridized carbons (Fsp3) is 0. The van der Waals surface area contributed by atoms with Crippen LogP contribution in [-0.2, 0) is 0 Å². The highest BCUT2D eigenvalue weighted by Crippen LogP contribution is 2.50. The van der Waals surface area contributed by atoms with Crippen molar-refractivity contribution in [2.75, 3.05) is 0 Å². The third kappa shape index (κ3) is 13.7. The predicted molar refractivity (Wildman–Crippen MR) is 493 cm³/mol. The van der Waals surface area contributed by atoms with Crippen LogP contribution >= 0.6 is 0 Å². The van der Waals surface area contributed by atoms with Gasteiger partial charge in [-0.25, -0.2) is 59.0 Å². The Bertz CT molecular complexity index is 8040. The van der Waals surface area contributed by atoms with Crippen molar-refractivity contribution in [2.24, 2.45) is 0 Å².